The number of aromatic nitrogens is 3. The Hall–Kier alpha value is -1.21. The van der Waals surface area contributed by atoms with Gasteiger partial charge >= 0.3 is 0 Å². The van der Waals surface area contributed by atoms with Crippen molar-refractivity contribution in [3.63, 3.8) is 0 Å². The van der Waals surface area contributed by atoms with Crippen LogP contribution in [0.1, 0.15) is 12.2 Å². The Morgan fingerprint density at radius 3 is 2.82 bits per heavy atom. The molecule has 2 heterocycles. The smallest absolute Gasteiger partial charge is 0.224 e. The number of ether oxygens (including phenoxy) is 1. The fraction of sp³-hybridized carbons (Fsp3) is 0.700. The van der Waals surface area contributed by atoms with Crippen molar-refractivity contribution in [2.24, 2.45) is 0 Å². The zero-order valence-corrected chi connectivity index (χ0v) is 10.6. The van der Waals surface area contributed by atoms with Crippen molar-refractivity contribution in [3.8, 4) is 0 Å². The van der Waals surface area contributed by atoms with Crippen LogP contribution in [0.25, 0.3) is 0 Å². The molecule has 1 fully saturated rings. The molecule has 0 unspecified atom stereocenters. The minimum absolute atomic E-state index is 0.149. The van der Waals surface area contributed by atoms with E-state index in [-0.39, 0.29) is 5.91 Å². The Bertz CT molecular complexity index is 447. The molecule has 1 amide bonds. The molecule has 6 nitrogen and oxygen atoms in total. The average Bonchev–Trinajstić information content (AvgIpc) is 2.67. The van der Waals surface area contributed by atoms with Crippen LogP contribution in [0.5, 0.6) is 0 Å². The van der Waals surface area contributed by atoms with Crippen molar-refractivity contribution < 1.29 is 9.53 Å². The number of H-pyrrole nitrogens is 1. The third kappa shape index (κ3) is 2.92. The number of amides is 1. The lowest BCUT2D eigenvalue weighted by molar-refractivity contribution is -0.135. The van der Waals surface area contributed by atoms with Crippen molar-refractivity contribution in [3.05, 3.63) is 10.6 Å². The molecule has 0 aliphatic carbocycles. The lowest BCUT2D eigenvalue weighted by Gasteiger charge is -2.26. The van der Waals surface area contributed by atoms with Gasteiger partial charge in [0.15, 0.2) is 4.77 Å². The summed E-state index contributed by atoms with van der Waals surface area (Å²) in [5, 5.41) is 6.72. The van der Waals surface area contributed by atoms with E-state index in [4.69, 9.17) is 17.0 Å². The van der Waals surface area contributed by atoms with Gasteiger partial charge in [-0.2, -0.15) is 5.10 Å². The molecule has 0 saturated carbocycles. The quantitative estimate of drug-likeness (QED) is 0.800. The normalized spacial score (nSPS) is 16.2. The monoisotopic (exact) mass is 256 g/mol. The number of hydrogen-bond acceptors (Lipinski definition) is 4. The van der Waals surface area contributed by atoms with Gasteiger partial charge in [-0.25, -0.2) is 0 Å². The van der Waals surface area contributed by atoms with Crippen molar-refractivity contribution in [2.75, 3.05) is 26.3 Å². The first-order valence-electron chi connectivity index (χ1n) is 5.66. The van der Waals surface area contributed by atoms with Gasteiger partial charge < -0.3 is 14.2 Å². The molecule has 94 valence electrons. The Labute approximate surface area is 105 Å². The van der Waals surface area contributed by atoms with E-state index in [2.05, 4.69) is 10.2 Å². The summed E-state index contributed by atoms with van der Waals surface area (Å²) in [6, 6.07) is 0. The summed E-state index contributed by atoms with van der Waals surface area (Å²) in [4.78, 5) is 13.7. The largest absolute Gasteiger partial charge is 0.378 e. The highest BCUT2D eigenvalue weighted by Gasteiger charge is 2.16. The number of nitrogens with zero attached hydrogens (tertiary/aromatic N) is 3. The van der Waals surface area contributed by atoms with Crippen LogP contribution in [0.15, 0.2) is 0 Å². The lowest BCUT2D eigenvalue weighted by atomic mass is 10.3. The summed E-state index contributed by atoms with van der Waals surface area (Å²) in [6.07, 6.45) is 0.453. The molecular weight excluding hydrogens is 240 g/mol. The maximum Gasteiger partial charge on any atom is 0.224 e. The van der Waals surface area contributed by atoms with Crippen LogP contribution in [-0.2, 0) is 16.1 Å². The highest BCUT2D eigenvalue weighted by atomic mass is 32.1. The van der Waals surface area contributed by atoms with Crippen molar-refractivity contribution in [1.29, 1.82) is 0 Å². The number of morpholine rings is 1. The average molecular weight is 256 g/mol. The van der Waals surface area contributed by atoms with E-state index in [1.807, 2.05) is 16.4 Å². The number of hydrogen-bond donors (Lipinski definition) is 1. The standard InChI is InChI=1S/C10H16N4O2S/c1-8-11-12-10(17)14(8)3-2-9(15)13-4-6-16-7-5-13/h2-7H2,1H3,(H,12,17). The van der Waals surface area contributed by atoms with Gasteiger partial charge in [0, 0.05) is 26.1 Å². The van der Waals surface area contributed by atoms with E-state index >= 15 is 0 Å². The maximum atomic E-state index is 11.9. The molecule has 1 aromatic heterocycles. The summed E-state index contributed by atoms with van der Waals surface area (Å²) in [5.74, 6) is 0.959. The molecule has 0 bridgehead atoms. The number of carbonyl (C=O) groups is 1. The van der Waals surface area contributed by atoms with Gasteiger partial charge in [0.2, 0.25) is 5.91 Å². The second-order valence-electron chi connectivity index (χ2n) is 3.97. The Morgan fingerprint density at radius 2 is 2.24 bits per heavy atom. The highest BCUT2D eigenvalue weighted by Crippen LogP contribution is 2.03. The minimum Gasteiger partial charge on any atom is -0.378 e. The van der Waals surface area contributed by atoms with E-state index in [0.29, 0.717) is 44.0 Å². The van der Waals surface area contributed by atoms with Gasteiger partial charge in [-0.1, -0.05) is 0 Å². The van der Waals surface area contributed by atoms with E-state index in [0.717, 1.165) is 5.82 Å². The molecule has 1 aromatic rings. The van der Waals surface area contributed by atoms with Gasteiger partial charge in [0.25, 0.3) is 0 Å². The van der Waals surface area contributed by atoms with E-state index in [1.54, 1.807) is 0 Å². The fourth-order valence-corrected chi connectivity index (χ4v) is 2.11. The van der Waals surface area contributed by atoms with Gasteiger partial charge in [-0.05, 0) is 19.1 Å². The molecule has 2 rings (SSSR count). The number of carbonyl (C=O) groups excluding carboxylic acids is 1. The van der Waals surface area contributed by atoms with Crippen LogP contribution in [0.3, 0.4) is 0 Å². The summed E-state index contributed by atoms with van der Waals surface area (Å²) >= 11 is 5.08. The SMILES string of the molecule is Cc1n[nH]c(=S)n1CCC(=O)N1CCOCC1. The number of rotatable bonds is 3. The molecule has 0 spiro atoms. The lowest BCUT2D eigenvalue weighted by Crippen LogP contribution is -2.41. The summed E-state index contributed by atoms with van der Waals surface area (Å²) < 4.78 is 7.62. The number of aromatic amines is 1. The van der Waals surface area contributed by atoms with Gasteiger partial charge in [0.1, 0.15) is 5.82 Å². The van der Waals surface area contributed by atoms with Gasteiger partial charge in [0.05, 0.1) is 13.2 Å². The zero-order chi connectivity index (χ0) is 12.3. The van der Waals surface area contributed by atoms with E-state index in [9.17, 15) is 4.79 Å². The molecular formula is C10H16N4O2S. The Morgan fingerprint density at radius 1 is 1.53 bits per heavy atom. The van der Waals surface area contributed by atoms with Gasteiger partial charge in [-0.15, -0.1) is 0 Å². The molecule has 1 aliphatic rings. The molecule has 0 atom stereocenters. The van der Waals surface area contributed by atoms with Crippen LogP contribution in [0, 0.1) is 11.7 Å². The molecule has 0 radical (unpaired) electrons. The topological polar surface area (TPSA) is 63.2 Å². The van der Waals surface area contributed by atoms with Crippen LogP contribution in [0.4, 0.5) is 0 Å². The van der Waals surface area contributed by atoms with Crippen LogP contribution < -0.4 is 0 Å². The van der Waals surface area contributed by atoms with Crippen molar-refractivity contribution >= 4 is 18.1 Å². The second-order valence-corrected chi connectivity index (χ2v) is 4.36. The molecule has 1 saturated heterocycles. The third-order valence-corrected chi connectivity index (χ3v) is 3.17. The maximum absolute atomic E-state index is 11.9. The van der Waals surface area contributed by atoms with Gasteiger partial charge in [-0.3, -0.25) is 9.89 Å². The number of nitrogens with one attached hydrogen (secondary N) is 1. The first kappa shape index (κ1) is 12.3. The second kappa shape index (κ2) is 5.42. The van der Waals surface area contributed by atoms with Crippen molar-refractivity contribution in [1.82, 2.24) is 19.7 Å². The minimum atomic E-state index is 0.149. The predicted molar refractivity (Wildman–Crippen MR) is 64.2 cm³/mol. The van der Waals surface area contributed by atoms with E-state index in [1.165, 1.54) is 0 Å². The van der Waals surface area contributed by atoms with Crippen molar-refractivity contribution in [2.45, 2.75) is 19.9 Å². The molecule has 17 heavy (non-hydrogen) atoms. The zero-order valence-electron chi connectivity index (χ0n) is 9.81. The Kier molecular flexibility index (Phi) is 3.90. The van der Waals surface area contributed by atoms with Crippen LogP contribution >= 0.6 is 12.2 Å². The molecule has 1 aliphatic heterocycles. The third-order valence-electron chi connectivity index (χ3n) is 2.86. The van der Waals surface area contributed by atoms with Crippen LogP contribution in [0.2, 0.25) is 0 Å². The van der Waals surface area contributed by atoms with E-state index < -0.39 is 0 Å². The predicted octanol–water partition coefficient (Wildman–Crippen LogP) is 0.498. The Balaban J connectivity index is 1.89. The summed E-state index contributed by atoms with van der Waals surface area (Å²) in [6.45, 7) is 5.10. The highest BCUT2D eigenvalue weighted by molar-refractivity contribution is 7.71. The molecule has 0 aromatic carbocycles. The summed E-state index contributed by atoms with van der Waals surface area (Å²) in [7, 11) is 0. The summed E-state index contributed by atoms with van der Waals surface area (Å²) in [5.41, 5.74) is 0. The molecule has 1 N–H and O–H groups in total. The fourth-order valence-electron chi connectivity index (χ4n) is 1.84. The number of aryl methyl sites for hydroxylation is 1. The first-order chi connectivity index (χ1) is 8.18. The molecule has 7 heteroatoms. The first-order valence-corrected chi connectivity index (χ1v) is 6.06. The van der Waals surface area contributed by atoms with Crippen LogP contribution in [-0.4, -0.2) is 51.9 Å².